The smallest absolute Gasteiger partial charge is 0.263 e. The standard InChI is InChI=1S/C16H20N2OS/c1-4-14-12(2)11-15(20-14)16(19)18(3)10-8-13-7-5-6-9-17-13/h5-7,9,11H,4,8,10H2,1-3H3. The topological polar surface area (TPSA) is 33.2 Å². The number of aromatic nitrogens is 1. The maximum atomic E-state index is 12.4. The molecule has 3 nitrogen and oxygen atoms in total. The van der Waals surface area contributed by atoms with E-state index in [4.69, 9.17) is 0 Å². The number of nitrogens with zero attached hydrogens (tertiary/aromatic N) is 2. The third kappa shape index (κ3) is 3.45. The molecule has 0 radical (unpaired) electrons. The van der Waals surface area contributed by atoms with Crippen molar-refractivity contribution in [3.63, 3.8) is 0 Å². The molecule has 0 bridgehead atoms. The molecule has 0 N–H and O–H groups in total. The molecule has 2 aromatic rings. The van der Waals surface area contributed by atoms with Crippen LogP contribution in [-0.2, 0) is 12.8 Å². The van der Waals surface area contributed by atoms with Gasteiger partial charge in [0.1, 0.15) is 0 Å². The van der Waals surface area contributed by atoms with Gasteiger partial charge < -0.3 is 4.90 Å². The molecule has 0 saturated heterocycles. The summed E-state index contributed by atoms with van der Waals surface area (Å²) < 4.78 is 0. The van der Waals surface area contributed by atoms with E-state index in [0.29, 0.717) is 6.54 Å². The summed E-state index contributed by atoms with van der Waals surface area (Å²) in [6.07, 6.45) is 3.56. The molecular formula is C16H20N2OS. The van der Waals surface area contributed by atoms with Gasteiger partial charge >= 0.3 is 0 Å². The van der Waals surface area contributed by atoms with Crippen LogP contribution >= 0.6 is 11.3 Å². The first-order valence-corrected chi connectivity index (χ1v) is 7.68. The third-order valence-corrected chi connectivity index (χ3v) is 4.70. The molecule has 2 aromatic heterocycles. The first kappa shape index (κ1) is 14.7. The highest BCUT2D eigenvalue weighted by molar-refractivity contribution is 7.14. The van der Waals surface area contributed by atoms with Gasteiger partial charge in [0.15, 0.2) is 0 Å². The van der Waals surface area contributed by atoms with Crippen molar-refractivity contribution in [2.75, 3.05) is 13.6 Å². The molecule has 106 valence electrons. The Labute approximate surface area is 124 Å². The maximum Gasteiger partial charge on any atom is 0.263 e. The number of carbonyl (C=O) groups excluding carboxylic acids is 1. The molecule has 0 spiro atoms. The van der Waals surface area contributed by atoms with E-state index in [-0.39, 0.29) is 5.91 Å². The summed E-state index contributed by atoms with van der Waals surface area (Å²) in [5, 5.41) is 0. The molecule has 0 saturated carbocycles. The van der Waals surface area contributed by atoms with Crippen LogP contribution in [0.15, 0.2) is 30.5 Å². The highest BCUT2D eigenvalue weighted by Gasteiger charge is 2.15. The van der Waals surface area contributed by atoms with Gasteiger partial charge in [0.2, 0.25) is 0 Å². The summed E-state index contributed by atoms with van der Waals surface area (Å²) in [5.74, 6) is 0.105. The Bertz CT molecular complexity index is 577. The van der Waals surface area contributed by atoms with E-state index in [1.54, 1.807) is 22.4 Å². The molecule has 0 atom stereocenters. The lowest BCUT2D eigenvalue weighted by Gasteiger charge is -2.15. The number of pyridine rings is 1. The van der Waals surface area contributed by atoms with Gasteiger partial charge in [-0.05, 0) is 37.1 Å². The predicted octanol–water partition coefficient (Wildman–Crippen LogP) is 3.33. The fourth-order valence-electron chi connectivity index (χ4n) is 2.09. The summed E-state index contributed by atoms with van der Waals surface area (Å²) in [6, 6.07) is 7.87. The SMILES string of the molecule is CCc1sc(C(=O)N(C)CCc2ccccn2)cc1C. The summed E-state index contributed by atoms with van der Waals surface area (Å²) >= 11 is 1.61. The second-order valence-corrected chi connectivity index (χ2v) is 6.00. The van der Waals surface area contributed by atoms with Crippen LogP contribution in [0.4, 0.5) is 0 Å². The fourth-order valence-corrected chi connectivity index (χ4v) is 3.20. The highest BCUT2D eigenvalue weighted by Crippen LogP contribution is 2.23. The number of rotatable bonds is 5. The first-order valence-electron chi connectivity index (χ1n) is 6.86. The number of hydrogen-bond acceptors (Lipinski definition) is 3. The maximum absolute atomic E-state index is 12.4. The van der Waals surface area contributed by atoms with Gasteiger partial charge in [0, 0.05) is 36.8 Å². The van der Waals surface area contributed by atoms with E-state index in [1.807, 2.05) is 31.3 Å². The van der Waals surface area contributed by atoms with Gasteiger partial charge in [-0.15, -0.1) is 11.3 Å². The Morgan fingerprint density at radius 3 is 2.80 bits per heavy atom. The Hall–Kier alpha value is -1.68. The fraction of sp³-hybridized carbons (Fsp3) is 0.375. The van der Waals surface area contributed by atoms with E-state index in [0.717, 1.165) is 23.4 Å². The van der Waals surface area contributed by atoms with Crippen molar-refractivity contribution in [1.29, 1.82) is 0 Å². The summed E-state index contributed by atoms with van der Waals surface area (Å²) in [6.45, 7) is 4.88. The molecule has 0 aromatic carbocycles. The molecule has 0 fully saturated rings. The van der Waals surface area contributed by atoms with Crippen molar-refractivity contribution < 1.29 is 4.79 Å². The average molecular weight is 288 g/mol. The van der Waals surface area contributed by atoms with Crippen LogP contribution in [-0.4, -0.2) is 29.4 Å². The Balaban J connectivity index is 1.98. The number of amides is 1. The lowest BCUT2D eigenvalue weighted by Crippen LogP contribution is -2.28. The minimum absolute atomic E-state index is 0.105. The van der Waals surface area contributed by atoms with Crippen LogP contribution < -0.4 is 0 Å². The quantitative estimate of drug-likeness (QED) is 0.845. The third-order valence-electron chi connectivity index (χ3n) is 3.33. The number of carbonyl (C=O) groups is 1. The lowest BCUT2D eigenvalue weighted by molar-refractivity contribution is 0.0801. The summed E-state index contributed by atoms with van der Waals surface area (Å²) in [4.78, 5) is 20.6. The zero-order valence-corrected chi connectivity index (χ0v) is 13.0. The van der Waals surface area contributed by atoms with E-state index >= 15 is 0 Å². The molecule has 0 aliphatic heterocycles. The van der Waals surface area contributed by atoms with Crippen molar-refractivity contribution in [2.24, 2.45) is 0 Å². The molecular weight excluding hydrogens is 268 g/mol. The minimum Gasteiger partial charge on any atom is -0.341 e. The molecule has 0 aliphatic carbocycles. The van der Waals surface area contributed by atoms with Gasteiger partial charge in [0.05, 0.1) is 4.88 Å². The number of hydrogen-bond donors (Lipinski definition) is 0. The molecule has 2 rings (SSSR count). The van der Waals surface area contributed by atoms with Crippen LogP contribution in [0.2, 0.25) is 0 Å². The van der Waals surface area contributed by atoms with Crippen molar-refractivity contribution in [3.8, 4) is 0 Å². The molecule has 0 unspecified atom stereocenters. The summed E-state index contributed by atoms with van der Waals surface area (Å²) in [5.41, 5.74) is 2.24. The van der Waals surface area contributed by atoms with Gasteiger partial charge in [-0.1, -0.05) is 13.0 Å². The van der Waals surface area contributed by atoms with Crippen molar-refractivity contribution in [3.05, 3.63) is 51.5 Å². The van der Waals surface area contributed by atoms with E-state index in [9.17, 15) is 4.79 Å². The second kappa shape index (κ2) is 6.66. The molecule has 2 heterocycles. The number of thiophene rings is 1. The molecule has 4 heteroatoms. The van der Waals surface area contributed by atoms with Gasteiger partial charge in [-0.3, -0.25) is 9.78 Å². The zero-order valence-electron chi connectivity index (χ0n) is 12.2. The van der Waals surface area contributed by atoms with Gasteiger partial charge in [-0.2, -0.15) is 0 Å². The van der Waals surface area contributed by atoms with Crippen molar-refractivity contribution >= 4 is 17.2 Å². The zero-order chi connectivity index (χ0) is 14.5. The van der Waals surface area contributed by atoms with Crippen LogP contribution in [0.3, 0.4) is 0 Å². The molecule has 0 aliphatic rings. The summed E-state index contributed by atoms with van der Waals surface area (Å²) in [7, 11) is 1.85. The normalized spacial score (nSPS) is 10.6. The van der Waals surface area contributed by atoms with Crippen LogP contribution in [0.1, 0.15) is 32.7 Å². The van der Waals surface area contributed by atoms with Crippen LogP contribution in [0.5, 0.6) is 0 Å². The Morgan fingerprint density at radius 2 is 2.20 bits per heavy atom. The number of aryl methyl sites for hydroxylation is 2. The van der Waals surface area contributed by atoms with Crippen LogP contribution in [0, 0.1) is 6.92 Å². The van der Waals surface area contributed by atoms with Crippen LogP contribution in [0.25, 0.3) is 0 Å². The van der Waals surface area contributed by atoms with E-state index in [1.165, 1.54) is 10.4 Å². The predicted molar refractivity (Wildman–Crippen MR) is 83.3 cm³/mol. The van der Waals surface area contributed by atoms with E-state index in [2.05, 4.69) is 18.8 Å². The largest absolute Gasteiger partial charge is 0.341 e. The first-order chi connectivity index (χ1) is 9.61. The number of likely N-dealkylation sites (N-methyl/N-ethyl adjacent to an activating group) is 1. The monoisotopic (exact) mass is 288 g/mol. The molecule has 20 heavy (non-hydrogen) atoms. The van der Waals surface area contributed by atoms with Crippen molar-refractivity contribution in [1.82, 2.24) is 9.88 Å². The lowest BCUT2D eigenvalue weighted by atomic mass is 10.2. The van der Waals surface area contributed by atoms with E-state index < -0.39 is 0 Å². The second-order valence-electron chi connectivity index (χ2n) is 4.87. The Kier molecular flexibility index (Phi) is 4.90. The minimum atomic E-state index is 0.105. The van der Waals surface area contributed by atoms with Crippen molar-refractivity contribution in [2.45, 2.75) is 26.7 Å². The highest BCUT2D eigenvalue weighted by atomic mass is 32.1. The van der Waals surface area contributed by atoms with Gasteiger partial charge in [-0.25, -0.2) is 0 Å². The Morgan fingerprint density at radius 1 is 1.40 bits per heavy atom. The molecule has 1 amide bonds. The van der Waals surface area contributed by atoms with Gasteiger partial charge in [0.25, 0.3) is 5.91 Å². The average Bonchev–Trinajstić information content (AvgIpc) is 2.86.